The molecule has 0 aliphatic heterocycles. The Kier molecular flexibility index (Phi) is 9.57. The molecule has 1 aromatic heterocycles. The van der Waals surface area contributed by atoms with Gasteiger partial charge >= 0.3 is 0 Å². The van der Waals surface area contributed by atoms with Crippen molar-refractivity contribution in [1.29, 1.82) is 0 Å². The molecule has 0 saturated carbocycles. The lowest BCUT2D eigenvalue weighted by Crippen LogP contribution is -2.10. The summed E-state index contributed by atoms with van der Waals surface area (Å²) < 4.78 is 6.55. The van der Waals surface area contributed by atoms with Gasteiger partial charge in [0.25, 0.3) is 0 Å². The predicted molar refractivity (Wildman–Crippen MR) is 261 cm³/mol. The van der Waals surface area contributed by atoms with Crippen LogP contribution in [0, 0.1) is 0 Å². The second-order valence-electron chi connectivity index (χ2n) is 15.7. The summed E-state index contributed by atoms with van der Waals surface area (Å²) in [5, 5.41) is 3.61. The predicted octanol–water partition coefficient (Wildman–Crippen LogP) is 17.1. The maximum Gasteiger partial charge on any atom is 0.143 e. The highest BCUT2D eigenvalue weighted by atomic mass is 16.3. The Morgan fingerprint density at radius 3 is 1.39 bits per heavy atom. The number of benzene rings is 10. The van der Waals surface area contributed by atoms with Crippen LogP contribution in [0.25, 0.3) is 88.7 Å². The van der Waals surface area contributed by atoms with Crippen LogP contribution in [-0.2, 0) is 0 Å². The summed E-state index contributed by atoms with van der Waals surface area (Å²) in [6, 6.07) is 88.9. The number of furan rings is 1. The minimum Gasteiger partial charge on any atom is -0.455 e. The smallest absolute Gasteiger partial charge is 0.143 e. The molecule has 2 heteroatoms. The first-order valence-corrected chi connectivity index (χ1v) is 21.2. The van der Waals surface area contributed by atoms with Crippen molar-refractivity contribution in [2.75, 3.05) is 4.90 Å². The van der Waals surface area contributed by atoms with Gasteiger partial charge in [-0.2, -0.15) is 0 Å². The van der Waals surface area contributed by atoms with Crippen molar-refractivity contribution in [3.63, 3.8) is 0 Å². The lowest BCUT2D eigenvalue weighted by molar-refractivity contribution is 0.632. The zero-order valence-corrected chi connectivity index (χ0v) is 34.0. The Hall–Kier alpha value is -8.20. The van der Waals surface area contributed by atoms with E-state index in [0.717, 1.165) is 72.7 Å². The molecule has 0 unspecified atom stereocenters. The number of anilines is 3. The summed E-state index contributed by atoms with van der Waals surface area (Å²) in [6.45, 7) is 0. The van der Waals surface area contributed by atoms with Gasteiger partial charge in [0.15, 0.2) is 0 Å². The van der Waals surface area contributed by atoms with Gasteiger partial charge in [-0.15, -0.1) is 0 Å². The van der Waals surface area contributed by atoms with Gasteiger partial charge in [0.1, 0.15) is 11.3 Å². The molecule has 0 N–H and O–H groups in total. The standard InChI is InChI=1S/C60H41NO/c1-3-13-42(14-4-1)51-20-12-22-56(41-51)61(55-37-33-47(34-38-55)52-30-29-43-15-7-8-18-49(43)39-52)54-35-31-45(32-36-54)44-25-27-46(28-26-44)50-19-11-21-53(40-50)60-59(48-16-5-2-6-17-48)57-23-9-10-24-58(57)62-60/h1-41H. The molecule has 10 aromatic carbocycles. The molecule has 0 bridgehead atoms. The van der Waals surface area contributed by atoms with E-state index in [9.17, 15) is 0 Å². The highest BCUT2D eigenvalue weighted by Gasteiger charge is 2.19. The van der Waals surface area contributed by atoms with Gasteiger partial charge in [-0.25, -0.2) is 0 Å². The third-order valence-electron chi connectivity index (χ3n) is 11.9. The molecule has 0 aliphatic rings. The van der Waals surface area contributed by atoms with E-state index >= 15 is 0 Å². The number of hydrogen-bond acceptors (Lipinski definition) is 2. The molecule has 0 aliphatic carbocycles. The quantitative estimate of drug-likeness (QED) is 0.145. The normalized spacial score (nSPS) is 11.2. The fraction of sp³-hybridized carbons (Fsp3) is 0. The van der Waals surface area contributed by atoms with Crippen LogP contribution in [0.3, 0.4) is 0 Å². The minimum absolute atomic E-state index is 0.887. The van der Waals surface area contributed by atoms with Crippen molar-refractivity contribution in [3.05, 3.63) is 249 Å². The molecule has 0 atom stereocenters. The molecule has 0 amide bonds. The van der Waals surface area contributed by atoms with E-state index in [4.69, 9.17) is 4.42 Å². The van der Waals surface area contributed by atoms with Crippen molar-refractivity contribution in [2.45, 2.75) is 0 Å². The van der Waals surface area contributed by atoms with Gasteiger partial charge in [-0.05, 0) is 115 Å². The van der Waals surface area contributed by atoms with E-state index in [1.807, 2.05) is 12.1 Å². The summed E-state index contributed by atoms with van der Waals surface area (Å²) in [7, 11) is 0. The second-order valence-corrected chi connectivity index (χ2v) is 15.7. The fourth-order valence-electron chi connectivity index (χ4n) is 8.71. The molecule has 0 spiro atoms. The highest BCUT2D eigenvalue weighted by molar-refractivity contribution is 6.02. The molecule has 0 saturated heterocycles. The monoisotopic (exact) mass is 791 g/mol. The largest absolute Gasteiger partial charge is 0.455 e. The molecule has 0 radical (unpaired) electrons. The number of para-hydroxylation sites is 1. The Morgan fingerprint density at radius 1 is 0.258 bits per heavy atom. The molecule has 1 heterocycles. The molecule has 292 valence electrons. The molecule has 0 fully saturated rings. The minimum atomic E-state index is 0.887. The van der Waals surface area contributed by atoms with Crippen LogP contribution in [0.2, 0.25) is 0 Å². The number of rotatable bonds is 9. The van der Waals surface area contributed by atoms with Crippen LogP contribution >= 0.6 is 0 Å². The van der Waals surface area contributed by atoms with Gasteiger partial charge in [0.05, 0.1) is 0 Å². The first-order valence-electron chi connectivity index (χ1n) is 21.2. The van der Waals surface area contributed by atoms with Gasteiger partial charge in [0.2, 0.25) is 0 Å². The third kappa shape index (κ3) is 7.14. The van der Waals surface area contributed by atoms with Gasteiger partial charge in [-0.3, -0.25) is 0 Å². The second kappa shape index (κ2) is 16.1. The SMILES string of the molecule is c1ccc(-c2cccc(N(c3ccc(-c4ccc(-c5cccc(-c6oc7ccccc7c6-c6ccccc6)c5)cc4)cc3)c3ccc(-c4ccc5ccccc5c4)cc3)c2)cc1. The van der Waals surface area contributed by atoms with Crippen LogP contribution in [0.4, 0.5) is 17.1 Å². The van der Waals surface area contributed by atoms with Gasteiger partial charge < -0.3 is 9.32 Å². The number of nitrogens with zero attached hydrogens (tertiary/aromatic N) is 1. The van der Waals surface area contributed by atoms with Crippen LogP contribution < -0.4 is 4.90 Å². The highest BCUT2D eigenvalue weighted by Crippen LogP contribution is 2.42. The zero-order chi connectivity index (χ0) is 41.2. The summed E-state index contributed by atoms with van der Waals surface area (Å²) in [4.78, 5) is 2.35. The van der Waals surface area contributed by atoms with Crippen LogP contribution in [-0.4, -0.2) is 0 Å². The van der Waals surface area contributed by atoms with Crippen molar-refractivity contribution in [1.82, 2.24) is 0 Å². The van der Waals surface area contributed by atoms with Crippen molar-refractivity contribution in [2.24, 2.45) is 0 Å². The Morgan fingerprint density at radius 2 is 0.710 bits per heavy atom. The number of fused-ring (bicyclic) bond motifs is 2. The fourth-order valence-corrected chi connectivity index (χ4v) is 8.71. The van der Waals surface area contributed by atoms with Crippen molar-refractivity contribution in [3.8, 4) is 67.0 Å². The van der Waals surface area contributed by atoms with Crippen molar-refractivity contribution < 1.29 is 4.42 Å². The average molecular weight is 792 g/mol. The Bertz CT molecular complexity index is 3310. The van der Waals surface area contributed by atoms with Crippen LogP contribution in [0.15, 0.2) is 253 Å². The first kappa shape index (κ1) is 36.8. The summed E-state index contributed by atoms with van der Waals surface area (Å²) in [5.74, 6) is 0.887. The van der Waals surface area contributed by atoms with E-state index in [1.54, 1.807) is 0 Å². The van der Waals surface area contributed by atoms with E-state index in [2.05, 4.69) is 241 Å². The van der Waals surface area contributed by atoms with E-state index in [-0.39, 0.29) is 0 Å². The van der Waals surface area contributed by atoms with E-state index < -0.39 is 0 Å². The Labute approximate surface area is 362 Å². The molecular weight excluding hydrogens is 751 g/mol. The molecule has 2 nitrogen and oxygen atoms in total. The summed E-state index contributed by atoms with van der Waals surface area (Å²) >= 11 is 0. The Balaban J connectivity index is 0.902. The molecule has 11 aromatic rings. The summed E-state index contributed by atoms with van der Waals surface area (Å²) in [6.07, 6.45) is 0. The molecular formula is C60H41NO. The lowest BCUT2D eigenvalue weighted by Gasteiger charge is -2.26. The zero-order valence-electron chi connectivity index (χ0n) is 34.0. The van der Waals surface area contributed by atoms with Crippen molar-refractivity contribution >= 4 is 38.8 Å². The van der Waals surface area contributed by atoms with Gasteiger partial charge in [0, 0.05) is 33.6 Å². The van der Waals surface area contributed by atoms with Crippen LogP contribution in [0.5, 0.6) is 0 Å². The third-order valence-corrected chi connectivity index (χ3v) is 11.9. The first-order chi connectivity index (χ1) is 30.7. The molecule has 62 heavy (non-hydrogen) atoms. The lowest BCUT2D eigenvalue weighted by atomic mass is 9.95. The summed E-state index contributed by atoms with van der Waals surface area (Å²) in [5.41, 5.74) is 16.9. The molecule has 11 rings (SSSR count). The number of hydrogen-bond donors (Lipinski definition) is 0. The maximum absolute atomic E-state index is 6.55. The van der Waals surface area contributed by atoms with E-state index in [1.165, 1.54) is 33.0 Å². The van der Waals surface area contributed by atoms with Gasteiger partial charge in [-0.1, -0.05) is 194 Å². The maximum atomic E-state index is 6.55. The topological polar surface area (TPSA) is 16.4 Å². The average Bonchev–Trinajstić information content (AvgIpc) is 3.75. The van der Waals surface area contributed by atoms with E-state index in [0.29, 0.717) is 0 Å². The van der Waals surface area contributed by atoms with Crippen LogP contribution in [0.1, 0.15) is 0 Å².